The third-order valence-electron chi connectivity index (χ3n) is 2.40. The van der Waals surface area contributed by atoms with E-state index in [2.05, 4.69) is 25.5 Å². The second-order valence-electron chi connectivity index (χ2n) is 5.11. The third-order valence-corrected chi connectivity index (χ3v) is 2.40. The molecular formula is C11H16N6O2. The summed E-state index contributed by atoms with van der Waals surface area (Å²) >= 11 is 0. The summed E-state index contributed by atoms with van der Waals surface area (Å²) in [4.78, 5) is 15.9. The van der Waals surface area contributed by atoms with Crippen LogP contribution in [-0.4, -0.2) is 41.7 Å². The average molecular weight is 264 g/mol. The fraction of sp³-hybridized carbons (Fsp3) is 0.545. The van der Waals surface area contributed by atoms with E-state index in [1.165, 1.54) is 6.33 Å². The van der Waals surface area contributed by atoms with Gasteiger partial charge in [-0.1, -0.05) is 0 Å². The van der Waals surface area contributed by atoms with Gasteiger partial charge in [0.1, 0.15) is 23.9 Å². The van der Waals surface area contributed by atoms with Crippen molar-refractivity contribution in [3.63, 3.8) is 0 Å². The number of aromatic amines is 1. The second kappa shape index (κ2) is 4.79. The molecule has 2 aromatic heterocycles. The van der Waals surface area contributed by atoms with Crippen LogP contribution in [0.4, 0.5) is 0 Å². The van der Waals surface area contributed by atoms with E-state index in [1.54, 1.807) is 31.8 Å². The summed E-state index contributed by atoms with van der Waals surface area (Å²) in [6.45, 7) is 7.24. The number of ether oxygens (including phenoxy) is 1. The molecule has 0 aliphatic rings. The van der Waals surface area contributed by atoms with E-state index < -0.39 is 11.6 Å². The molecule has 19 heavy (non-hydrogen) atoms. The summed E-state index contributed by atoms with van der Waals surface area (Å²) in [7, 11) is 0. The molecule has 0 amide bonds. The van der Waals surface area contributed by atoms with Crippen molar-refractivity contribution in [1.82, 2.24) is 30.2 Å². The summed E-state index contributed by atoms with van der Waals surface area (Å²) in [6.07, 6.45) is 2.97. The van der Waals surface area contributed by atoms with Gasteiger partial charge in [-0.3, -0.25) is 0 Å². The van der Waals surface area contributed by atoms with Crippen molar-refractivity contribution < 1.29 is 9.53 Å². The van der Waals surface area contributed by atoms with Gasteiger partial charge < -0.3 is 4.74 Å². The molecule has 102 valence electrons. The normalized spacial score (nSPS) is 13.3. The number of esters is 1. The molecule has 0 saturated carbocycles. The number of hydrogen-bond acceptors (Lipinski definition) is 6. The Bertz CT molecular complexity index is 554. The van der Waals surface area contributed by atoms with Crippen LogP contribution in [0.2, 0.25) is 0 Å². The molecule has 2 heterocycles. The minimum absolute atomic E-state index is 0.165. The standard InChI is InChI=1S/C11H16N6O2/c1-7(17-6-12-5-13-17)8-9(15-16-14-8)10(18)19-11(2,3)4/h5-7H,1-4H3,(H,14,15,16). The lowest BCUT2D eigenvalue weighted by atomic mass is 10.1. The van der Waals surface area contributed by atoms with Crippen molar-refractivity contribution in [2.24, 2.45) is 0 Å². The first-order valence-electron chi connectivity index (χ1n) is 5.86. The van der Waals surface area contributed by atoms with Crippen LogP contribution in [0.1, 0.15) is 49.9 Å². The van der Waals surface area contributed by atoms with Gasteiger partial charge in [-0.2, -0.15) is 15.4 Å². The summed E-state index contributed by atoms with van der Waals surface area (Å²) in [5.41, 5.74) is 0.0572. The van der Waals surface area contributed by atoms with Gasteiger partial charge in [0.25, 0.3) is 0 Å². The van der Waals surface area contributed by atoms with E-state index in [0.29, 0.717) is 5.69 Å². The second-order valence-corrected chi connectivity index (χ2v) is 5.11. The molecule has 0 aliphatic carbocycles. The molecule has 2 rings (SSSR count). The Morgan fingerprint density at radius 3 is 2.74 bits per heavy atom. The minimum atomic E-state index is -0.580. The maximum Gasteiger partial charge on any atom is 0.361 e. The molecule has 8 heteroatoms. The highest BCUT2D eigenvalue weighted by atomic mass is 16.6. The number of nitrogens with zero attached hydrogens (tertiary/aromatic N) is 5. The lowest BCUT2D eigenvalue weighted by molar-refractivity contribution is 0.00608. The van der Waals surface area contributed by atoms with Gasteiger partial charge >= 0.3 is 5.97 Å². The number of carbonyl (C=O) groups is 1. The van der Waals surface area contributed by atoms with Crippen molar-refractivity contribution in [2.45, 2.75) is 39.3 Å². The molecule has 1 unspecified atom stereocenters. The minimum Gasteiger partial charge on any atom is -0.455 e. The molecule has 8 nitrogen and oxygen atoms in total. The zero-order valence-corrected chi connectivity index (χ0v) is 11.3. The summed E-state index contributed by atoms with van der Waals surface area (Å²) in [5, 5.41) is 14.3. The SMILES string of the molecule is CC(c1n[nH]nc1C(=O)OC(C)(C)C)n1cncn1. The Morgan fingerprint density at radius 1 is 1.42 bits per heavy atom. The first-order valence-corrected chi connectivity index (χ1v) is 5.86. The molecular weight excluding hydrogens is 248 g/mol. The highest BCUT2D eigenvalue weighted by Gasteiger charge is 2.27. The van der Waals surface area contributed by atoms with E-state index in [-0.39, 0.29) is 11.7 Å². The van der Waals surface area contributed by atoms with Crippen LogP contribution >= 0.6 is 0 Å². The van der Waals surface area contributed by atoms with Crippen molar-refractivity contribution in [3.05, 3.63) is 24.0 Å². The number of carbonyl (C=O) groups excluding carboxylic acids is 1. The smallest absolute Gasteiger partial charge is 0.361 e. The van der Waals surface area contributed by atoms with E-state index in [0.717, 1.165) is 0 Å². The summed E-state index contributed by atoms with van der Waals surface area (Å²) < 4.78 is 6.87. The first-order chi connectivity index (χ1) is 8.88. The molecule has 0 spiro atoms. The number of aromatic nitrogens is 6. The Kier molecular flexibility index (Phi) is 3.32. The zero-order chi connectivity index (χ0) is 14.0. The largest absolute Gasteiger partial charge is 0.455 e. The highest BCUT2D eigenvalue weighted by Crippen LogP contribution is 2.19. The van der Waals surface area contributed by atoms with Crippen LogP contribution in [0, 0.1) is 0 Å². The Morgan fingerprint density at radius 2 is 2.16 bits per heavy atom. The lowest BCUT2D eigenvalue weighted by Gasteiger charge is -2.19. The first kappa shape index (κ1) is 13.2. The zero-order valence-electron chi connectivity index (χ0n) is 11.3. The van der Waals surface area contributed by atoms with Gasteiger partial charge in [-0.05, 0) is 27.7 Å². The molecule has 0 radical (unpaired) electrons. The van der Waals surface area contributed by atoms with E-state index >= 15 is 0 Å². The molecule has 0 saturated heterocycles. The van der Waals surface area contributed by atoms with Gasteiger partial charge in [0.2, 0.25) is 0 Å². The Hall–Kier alpha value is -2.25. The molecule has 2 aromatic rings. The monoisotopic (exact) mass is 264 g/mol. The van der Waals surface area contributed by atoms with Gasteiger partial charge in [0.15, 0.2) is 5.69 Å². The fourth-order valence-corrected chi connectivity index (χ4v) is 1.55. The maximum atomic E-state index is 12.0. The summed E-state index contributed by atoms with van der Waals surface area (Å²) in [6, 6.07) is -0.260. The van der Waals surface area contributed by atoms with Gasteiger partial charge in [0.05, 0.1) is 6.04 Å². The average Bonchev–Trinajstić information content (AvgIpc) is 2.97. The fourth-order valence-electron chi connectivity index (χ4n) is 1.55. The van der Waals surface area contributed by atoms with Crippen molar-refractivity contribution in [2.75, 3.05) is 0 Å². The molecule has 0 aliphatic heterocycles. The predicted octanol–water partition coefficient (Wildman–Crippen LogP) is 0.961. The van der Waals surface area contributed by atoms with E-state index in [1.807, 2.05) is 6.92 Å². The van der Waals surface area contributed by atoms with Crippen molar-refractivity contribution in [1.29, 1.82) is 0 Å². The predicted molar refractivity (Wildman–Crippen MR) is 65.4 cm³/mol. The van der Waals surface area contributed by atoms with E-state index in [4.69, 9.17) is 4.74 Å². The molecule has 1 atom stereocenters. The molecule has 0 aromatic carbocycles. The number of H-pyrrole nitrogens is 1. The van der Waals surface area contributed by atoms with Gasteiger partial charge in [0, 0.05) is 0 Å². The van der Waals surface area contributed by atoms with Gasteiger partial charge in [-0.15, -0.1) is 5.10 Å². The van der Waals surface area contributed by atoms with Crippen LogP contribution in [0.15, 0.2) is 12.7 Å². The quantitative estimate of drug-likeness (QED) is 0.829. The molecule has 0 bridgehead atoms. The Balaban J connectivity index is 2.25. The van der Waals surface area contributed by atoms with Crippen LogP contribution in [0.5, 0.6) is 0 Å². The third kappa shape index (κ3) is 2.95. The van der Waals surface area contributed by atoms with Crippen molar-refractivity contribution >= 4 is 5.97 Å². The van der Waals surface area contributed by atoms with Crippen LogP contribution in [0.3, 0.4) is 0 Å². The maximum absolute atomic E-state index is 12.0. The van der Waals surface area contributed by atoms with Crippen LogP contribution < -0.4 is 0 Å². The summed E-state index contributed by atoms with van der Waals surface area (Å²) in [5.74, 6) is -0.511. The topological polar surface area (TPSA) is 98.6 Å². The number of hydrogen-bond donors (Lipinski definition) is 1. The Labute approximate surface area is 110 Å². The highest BCUT2D eigenvalue weighted by molar-refractivity contribution is 5.88. The molecule has 0 fully saturated rings. The van der Waals surface area contributed by atoms with E-state index in [9.17, 15) is 4.79 Å². The van der Waals surface area contributed by atoms with Crippen LogP contribution in [-0.2, 0) is 4.74 Å². The lowest BCUT2D eigenvalue weighted by Crippen LogP contribution is -2.25. The number of rotatable bonds is 3. The number of nitrogens with one attached hydrogen (secondary N) is 1. The molecule has 1 N–H and O–H groups in total. The van der Waals surface area contributed by atoms with Crippen molar-refractivity contribution in [3.8, 4) is 0 Å². The van der Waals surface area contributed by atoms with Crippen LogP contribution in [0.25, 0.3) is 0 Å². The van der Waals surface area contributed by atoms with Gasteiger partial charge in [-0.25, -0.2) is 14.5 Å².